The fraction of sp³-hybridized carbons (Fsp3) is 0.792. The van der Waals surface area contributed by atoms with Crippen LogP contribution in [0.25, 0.3) is 0 Å². The van der Waals surface area contributed by atoms with E-state index in [0.717, 1.165) is 6.42 Å². The monoisotopic (exact) mass is 535 g/mol. The summed E-state index contributed by atoms with van der Waals surface area (Å²) < 4.78 is 14.4. The highest BCUT2D eigenvalue weighted by atomic mass is 16.6. The molecule has 0 aromatic heterocycles. The molecule has 218 valence electrons. The Morgan fingerprint density at radius 2 is 1.30 bits per heavy atom. The second-order valence-corrected chi connectivity index (χ2v) is 9.76. The molecule has 0 saturated heterocycles. The van der Waals surface area contributed by atoms with Crippen LogP contribution in [0.15, 0.2) is 0 Å². The Morgan fingerprint density at radius 1 is 0.838 bits per heavy atom. The zero-order chi connectivity index (χ0) is 29.7. The quantitative estimate of drug-likeness (QED) is 0.157. The van der Waals surface area contributed by atoms with Crippen molar-refractivity contribution < 1.29 is 38.2 Å². The molecule has 0 heterocycles. The number of primary amides is 1. The van der Waals surface area contributed by atoms with Gasteiger partial charge in [-0.3, -0.25) is 14.4 Å². The third-order valence-electron chi connectivity index (χ3n) is 3.70. The molecule has 13 heteroatoms. The van der Waals surface area contributed by atoms with Crippen LogP contribution >= 0.6 is 0 Å². The number of carbonyl (C=O) groups excluding carboxylic acids is 5. The molecule has 0 rings (SSSR count). The maximum atomic E-state index is 11.1. The van der Waals surface area contributed by atoms with Gasteiger partial charge in [-0.2, -0.15) is 0 Å². The van der Waals surface area contributed by atoms with E-state index in [1.165, 1.54) is 7.11 Å². The number of nitrogens with two attached hydrogens (primary N) is 2. The summed E-state index contributed by atoms with van der Waals surface area (Å²) in [5.41, 5.74) is 9.28. The van der Waals surface area contributed by atoms with Crippen molar-refractivity contribution in [1.82, 2.24) is 16.0 Å². The Balaban J connectivity index is -0.000000501. The third-order valence-corrected chi connectivity index (χ3v) is 3.70. The van der Waals surface area contributed by atoms with Gasteiger partial charge in [0.15, 0.2) is 0 Å². The lowest BCUT2D eigenvalue weighted by Crippen LogP contribution is -2.40. The van der Waals surface area contributed by atoms with Gasteiger partial charge in [-0.1, -0.05) is 6.92 Å². The van der Waals surface area contributed by atoms with E-state index in [0.29, 0.717) is 32.2 Å². The molecule has 0 aliphatic rings. The normalized spacial score (nSPS) is 11.2. The van der Waals surface area contributed by atoms with Crippen LogP contribution in [0.2, 0.25) is 0 Å². The maximum absolute atomic E-state index is 11.1. The number of nitrogens with one attached hydrogen (secondary N) is 3. The largest absolute Gasteiger partial charge is 0.469 e. The summed E-state index contributed by atoms with van der Waals surface area (Å²) in [5.74, 6) is -0.732. The van der Waals surface area contributed by atoms with Crippen LogP contribution in [0.3, 0.4) is 0 Å². The predicted molar refractivity (Wildman–Crippen MR) is 140 cm³/mol. The van der Waals surface area contributed by atoms with Gasteiger partial charge in [0.05, 0.1) is 13.2 Å². The minimum Gasteiger partial charge on any atom is -0.469 e. The van der Waals surface area contributed by atoms with E-state index in [1.54, 1.807) is 48.6 Å². The zero-order valence-electron chi connectivity index (χ0n) is 23.9. The highest BCUT2D eigenvalue weighted by molar-refractivity contribution is 5.79. The smallest absolute Gasteiger partial charge is 0.407 e. The van der Waals surface area contributed by atoms with Crippen LogP contribution in [-0.4, -0.2) is 74.5 Å². The lowest BCUT2D eigenvalue weighted by atomic mass is 10.2. The summed E-state index contributed by atoms with van der Waals surface area (Å²) in [6.45, 7) is 13.3. The van der Waals surface area contributed by atoms with Crippen molar-refractivity contribution in [2.45, 2.75) is 97.8 Å². The standard InChI is InChI=1S/C10H19NO4.C9H19N3O3.C5H11NO/c1-10(2,3)15-9(13)11-7-5-6-8(12)14-4;1-9(2,3)15-8(14)12-5-4-6(10)7(11)13;1-3-4-5(7)6-2/h5-7H2,1-4H3,(H,11,13);6H,4-5,10H2,1-3H3,(H2,11,13)(H,12,14);3-4H2,1-2H3,(H,6,7)/t;6-;/m.0./s1. The van der Waals surface area contributed by atoms with Crippen molar-refractivity contribution >= 4 is 30.0 Å². The molecule has 0 radical (unpaired) electrons. The lowest BCUT2D eigenvalue weighted by Gasteiger charge is -2.19. The van der Waals surface area contributed by atoms with Gasteiger partial charge in [0.2, 0.25) is 11.8 Å². The lowest BCUT2D eigenvalue weighted by molar-refractivity contribution is -0.140. The van der Waals surface area contributed by atoms with E-state index in [9.17, 15) is 24.0 Å². The number of hydrogen-bond donors (Lipinski definition) is 5. The van der Waals surface area contributed by atoms with Gasteiger partial charge in [-0.15, -0.1) is 0 Å². The molecule has 4 amide bonds. The summed E-state index contributed by atoms with van der Waals surface area (Å²) >= 11 is 0. The number of ether oxygens (including phenoxy) is 3. The van der Waals surface area contributed by atoms with Crippen LogP contribution in [0.4, 0.5) is 9.59 Å². The number of hydrogen-bond acceptors (Lipinski definition) is 9. The van der Waals surface area contributed by atoms with Gasteiger partial charge in [0.25, 0.3) is 0 Å². The number of carbonyl (C=O) groups is 5. The predicted octanol–water partition coefficient (Wildman–Crippen LogP) is 1.71. The van der Waals surface area contributed by atoms with E-state index >= 15 is 0 Å². The van der Waals surface area contributed by atoms with E-state index in [-0.39, 0.29) is 18.4 Å². The Morgan fingerprint density at radius 3 is 1.62 bits per heavy atom. The zero-order valence-corrected chi connectivity index (χ0v) is 23.9. The van der Waals surface area contributed by atoms with Crippen LogP contribution < -0.4 is 27.4 Å². The SMILES string of the molecule is CC(C)(C)OC(=O)NCC[C@H](N)C(N)=O.CCCC(=O)NC.COC(=O)CCCNC(=O)OC(C)(C)C. The van der Waals surface area contributed by atoms with Crippen molar-refractivity contribution in [3.63, 3.8) is 0 Å². The van der Waals surface area contributed by atoms with E-state index in [2.05, 4.69) is 20.7 Å². The molecule has 1 atom stereocenters. The van der Waals surface area contributed by atoms with Crippen molar-refractivity contribution in [3.05, 3.63) is 0 Å². The molecular weight excluding hydrogens is 486 g/mol. The van der Waals surface area contributed by atoms with Crippen LogP contribution in [0, 0.1) is 0 Å². The molecule has 0 aliphatic heterocycles. The third kappa shape index (κ3) is 32.9. The Hall–Kier alpha value is -3.09. The first-order valence-corrected chi connectivity index (χ1v) is 12.1. The van der Waals surface area contributed by atoms with Gasteiger partial charge in [0, 0.05) is 33.0 Å². The molecule has 13 nitrogen and oxygen atoms in total. The topological polar surface area (TPSA) is 201 Å². The highest BCUT2D eigenvalue weighted by Gasteiger charge is 2.17. The number of amides is 4. The summed E-state index contributed by atoms with van der Waals surface area (Å²) in [6, 6.07) is -0.736. The molecule has 0 aliphatic carbocycles. The van der Waals surface area contributed by atoms with Crippen molar-refractivity contribution in [1.29, 1.82) is 0 Å². The molecular formula is C24H49N5O8. The number of alkyl carbamates (subject to hydrolysis) is 2. The fourth-order valence-electron chi connectivity index (χ4n) is 1.98. The van der Waals surface area contributed by atoms with Crippen molar-refractivity contribution in [2.24, 2.45) is 11.5 Å². The minimum atomic E-state index is -0.736. The summed E-state index contributed by atoms with van der Waals surface area (Å²) in [4.78, 5) is 53.8. The first-order valence-electron chi connectivity index (χ1n) is 12.1. The average molecular weight is 536 g/mol. The first kappa shape index (κ1) is 38.4. The molecule has 7 N–H and O–H groups in total. The molecule has 0 spiro atoms. The average Bonchev–Trinajstić information content (AvgIpc) is 2.75. The molecule has 0 aromatic rings. The van der Waals surface area contributed by atoms with E-state index in [1.807, 2.05) is 6.92 Å². The second kappa shape index (κ2) is 21.0. The molecule has 0 unspecified atom stereocenters. The van der Waals surface area contributed by atoms with Gasteiger partial charge in [-0.05, 0) is 60.8 Å². The van der Waals surface area contributed by atoms with Crippen molar-refractivity contribution in [2.75, 3.05) is 27.2 Å². The first-order chi connectivity index (χ1) is 16.9. The minimum absolute atomic E-state index is 0.127. The molecule has 0 aromatic carbocycles. The van der Waals surface area contributed by atoms with Crippen molar-refractivity contribution in [3.8, 4) is 0 Å². The molecule has 37 heavy (non-hydrogen) atoms. The maximum Gasteiger partial charge on any atom is 0.407 e. The summed E-state index contributed by atoms with van der Waals surface area (Å²) in [5, 5.41) is 7.55. The summed E-state index contributed by atoms with van der Waals surface area (Å²) in [6.07, 6.45) is 1.73. The number of esters is 1. The molecule has 0 fully saturated rings. The van der Waals surface area contributed by atoms with Gasteiger partial charge < -0.3 is 41.6 Å². The van der Waals surface area contributed by atoms with E-state index in [4.69, 9.17) is 20.9 Å². The van der Waals surface area contributed by atoms with E-state index < -0.39 is 35.3 Å². The number of rotatable bonds is 10. The Bertz CT molecular complexity index is 686. The van der Waals surface area contributed by atoms with Gasteiger partial charge in [-0.25, -0.2) is 9.59 Å². The molecule has 0 bridgehead atoms. The Labute approximate surface area is 221 Å². The summed E-state index contributed by atoms with van der Waals surface area (Å²) in [7, 11) is 2.99. The van der Waals surface area contributed by atoms with Crippen LogP contribution in [0.1, 0.15) is 80.6 Å². The van der Waals surface area contributed by atoms with Crippen LogP contribution in [-0.2, 0) is 28.6 Å². The Kier molecular flexibility index (Phi) is 21.9. The van der Waals surface area contributed by atoms with Gasteiger partial charge in [0.1, 0.15) is 11.2 Å². The number of methoxy groups -OCH3 is 1. The fourth-order valence-corrected chi connectivity index (χ4v) is 1.98. The van der Waals surface area contributed by atoms with Crippen LogP contribution in [0.5, 0.6) is 0 Å². The molecule has 0 saturated carbocycles. The second-order valence-electron chi connectivity index (χ2n) is 9.76. The highest BCUT2D eigenvalue weighted by Crippen LogP contribution is 2.07. The van der Waals surface area contributed by atoms with Gasteiger partial charge >= 0.3 is 18.2 Å².